The number of aliphatic hydroxyl groups is 1. The van der Waals surface area contributed by atoms with E-state index in [1.165, 1.54) is 103 Å². The van der Waals surface area contributed by atoms with E-state index in [-0.39, 0.29) is 0 Å². The number of hydrogen-bond acceptors (Lipinski definition) is 1. The molecule has 124 valence electrons. The van der Waals surface area contributed by atoms with Gasteiger partial charge in [0.1, 0.15) is 0 Å². The molecule has 0 saturated heterocycles. The van der Waals surface area contributed by atoms with Crippen LogP contribution in [0.15, 0.2) is 11.8 Å². The monoisotopic (exact) mass is 294 g/mol. The Bertz CT molecular complexity index is 244. The Balaban J connectivity index is 2.14. The third kappa shape index (κ3) is 13.0. The molecule has 0 aromatic heterocycles. The molecule has 0 heterocycles. The predicted molar refractivity (Wildman–Crippen MR) is 93.8 cm³/mol. The third-order valence-corrected chi connectivity index (χ3v) is 4.77. The molecule has 1 N–H and O–H groups in total. The smallest absolute Gasteiger partial charge is 0.0882 e. The van der Waals surface area contributed by atoms with Crippen LogP contribution in [0.25, 0.3) is 0 Å². The molecule has 0 aromatic carbocycles. The lowest BCUT2D eigenvalue weighted by atomic mass is 10.0. The molecule has 1 heteroatoms. The molecule has 0 atom stereocenters. The topological polar surface area (TPSA) is 20.2 Å². The van der Waals surface area contributed by atoms with Crippen LogP contribution in [0.4, 0.5) is 0 Å². The van der Waals surface area contributed by atoms with Crippen LogP contribution in [0, 0.1) is 0 Å². The molecule has 1 aliphatic rings. The molecule has 0 radical (unpaired) electrons. The van der Waals surface area contributed by atoms with Gasteiger partial charge >= 0.3 is 0 Å². The molecule has 0 saturated carbocycles. The largest absolute Gasteiger partial charge is 0.513 e. The van der Waals surface area contributed by atoms with Crippen molar-refractivity contribution in [2.75, 3.05) is 0 Å². The first-order chi connectivity index (χ1) is 10.4. The lowest BCUT2D eigenvalue weighted by molar-refractivity contribution is 0.376. The minimum atomic E-state index is 0.643. The normalized spacial score (nSPS) is 25.6. The first-order valence-corrected chi connectivity index (χ1v) is 9.77. The minimum absolute atomic E-state index is 0.643. The summed E-state index contributed by atoms with van der Waals surface area (Å²) in [6.45, 7) is 0. The van der Waals surface area contributed by atoms with Crippen LogP contribution >= 0.6 is 0 Å². The van der Waals surface area contributed by atoms with E-state index >= 15 is 0 Å². The van der Waals surface area contributed by atoms with Crippen molar-refractivity contribution in [2.24, 2.45) is 0 Å². The number of aliphatic hydroxyl groups excluding tert-OH is 1. The first-order valence-electron chi connectivity index (χ1n) is 9.77. The molecule has 0 spiro atoms. The van der Waals surface area contributed by atoms with E-state index in [0.29, 0.717) is 5.76 Å². The zero-order valence-corrected chi connectivity index (χ0v) is 14.3. The predicted octanol–water partition coefficient (Wildman–Crippen LogP) is 7.46. The standard InChI is InChI=1S/C20H38O/c21-20-18-16-14-12-10-8-6-4-2-1-3-5-7-9-11-13-15-17-19-20/h18,21H,1-17,19H2/b20-18+. The summed E-state index contributed by atoms with van der Waals surface area (Å²) in [4.78, 5) is 0. The van der Waals surface area contributed by atoms with Gasteiger partial charge in [-0.3, -0.25) is 0 Å². The van der Waals surface area contributed by atoms with E-state index in [0.717, 1.165) is 12.8 Å². The zero-order chi connectivity index (χ0) is 15.0. The van der Waals surface area contributed by atoms with Gasteiger partial charge in [0.2, 0.25) is 0 Å². The number of allylic oxidation sites excluding steroid dienone is 2. The van der Waals surface area contributed by atoms with Gasteiger partial charge in [-0.05, 0) is 25.3 Å². The summed E-state index contributed by atoms with van der Waals surface area (Å²) in [6, 6.07) is 0. The van der Waals surface area contributed by atoms with Crippen LogP contribution in [0.2, 0.25) is 0 Å². The molecule has 21 heavy (non-hydrogen) atoms. The van der Waals surface area contributed by atoms with Crippen molar-refractivity contribution < 1.29 is 5.11 Å². The Morgan fingerprint density at radius 1 is 0.476 bits per heavy atom. The summed E-state index contributed by atoms with van der Waals surface area (Å²) < 4.78 is 0. The molecular formula is C20H38O. The molecule has 0 amide bonds. The highest BCUT2D eigenvalue weighted by Gasteiger charge is 1.97. The highest BCUT2D eigenvalue weighted by molar-refractivity contribution is 4.90. The van der Waals surface area contributed by atoms with E-state index in [4.69, 9.17) is 0 Å². The summed E-state index contributed by atoms with van der Waals surface area (Å²) >= 11 is 0. The van der Waals surface area contributed by atoms with Gasteiger partial charge in [-0.15, -0.1) is 0 Å². The van der Waals surface area contributed by atoms with E-state index < -0.39 is 0 Å². The van der Waals surface area contributed by atoms with Crippen LogP contribution in [0.3, 0.4) is 0 Å². The van der Waals surface area contributed by atoms with Crippen molar-refractivity contribution in [3.05, 3.63) is 11.8 Å². The SMILES string of the molecule is O/C1=C/CCCCCCCCCCCCCCCCCC1. The van der Waals surface area contributed by atoms with Crippen LogP contribution in [-0.4, -0.2) is 5.11 Å². The van der Waals surface area contributed by atoms with Gasteiger partial charge in [-0.25, -0.2) is 0 Å². The van der Waals surface area contributed by atoms with Crippen molar-refractivity contribution in [1.29, 1.82) is 0 Å². The third-order valence-electron chi connectivity index (χ3n) is 4.77. The fraction of sp³-hybridized carbons (Fsp3) is 0.900. The second-order valence-corrected chi connectivity index (χ2v) is 6.89. The average molecular weight is 295 g/mol. The summed E-state index contributed by atoms with van der Waals surface area (Å²) in [6.07, 6.45) is 26.2. The molecule has 0 fully saturated rings. The van der Waals surface area contributed by atoms with Gasteiger partial charge in [0.05, 0.1) is 5.76 Å². The van der Waals surface area contributed by atoms with E-state index in [9.17, 15) is 5.11 Å². The molecule has 0 unspecified atom stereocenters. The van der Waals surface area contributed by atoms with Gasteiger partial charge < -0.3 is 5.11 Å². The van der Waals surface area contributed by atoms with E-state index in [1.54, 1.807) is 0 Å². The van der Waals surface area contributed by atoms with Crippen LogP contribution in [-0.2, 0) is 0 Å². The molecule has 1 aliphatic carbocycles. The lowest BCUT2D eigenvalue weighted by Crippen LogP contribution is -1.86. The fourth-order valence-corrected chi connectivity index (χ4v) is 3.30. The van der Waals surface area contributed by atoms with Gasteiger partial charge in [0.25, 0.3) is 0 Å². The molecule has 0 bridgehead atoms. The molecule has 1 rings (SSSR count). The van der Waals surface area contributed by atoms with Crippen molar-refractivity contribution in [1.82, 2.24) is 0 Å². The van der Waals surface area contributed by atoms with Crippen molar-refractivity contribution in [2.45, 2.75) is 116 Å². The highest BCUT2D eigenvalue weighted by atomic mass is 16.3. The maximum absolute atomic E-state index is 9.83. The maximum atomic E-state index is 9.83. The van der Waals surface area contributed by atoms with Gasteiger partial charge in [-0.2, -0.15) is 0 Å². The summed E-state index contributed by atoms with van der Waals surface area (Å²) in [5.41, 5.74) is 0. The Morgan fingerprint density at radius 2 is 0.810 bits per heavy atom. The molecule has 1 nitrogen and oxygen atoms in total. The second-order valence-electron chi connectivity index (χ2n) is 6.89. The van der Waals surface area contributed by atoms with E-state index in [2.05, 4.69) is 6.08 Å². The quantitative estimate of drug-likeness (QED) is 0.491. The average Bonchev–Trinajstić information content (AvgIpc) is 2.48. The highest BCUT2D eigenvalue weighted by Crippen LogP contribution is 2.16. The second kappa shape index (κ2) is 14.5. The molecular weight excluding hydrogens is 256 g/mol. The molecule has 0 aromatic rings. The molecule has 0 aliphatic heterocycles. The fourth-order valence-electron chi connectivity index (χ4n) is 3.30. The number of rotatable bonds is 0. The van der Waals surface area contributed by atoms with Crippen LogP contribution in [0.1, 0.15) is 116 Å². The Hall–Kier alpha value is -0.460. The Labute approximate surface area is 133 Å². The Kier molecular flexibility index (Phi) is 12.8. The first kappa shape index (κ1) is 18.6. The summed E-state index contributed by atoms with van der Waals surface area (Å²) in [5.74, 6) is 0.643. The maximum Gasteiger partial charge on any atom is 0.0882 e. The van der Waals surface area contributed by atoms with Gasteiger partial charge in [0, 0.05) is 6.42 Å². The minimum Gasteiger partial charge on any atom is -0.513 e. The lowest BCUT2D eigenvalue weighted by Gasteiger charge is -2.05. The summed E-state index contributed by atoms with van der Waals surface area (Å²) in [7, 11) is 0. The summed E-state index contributed by atoms with van der Waals surface area (Å²) in [5, 5.41) is 9.83. The van der Waals surface area contributed by atoms with Crippen molar-refractivity contribution in [3.63, 3.8) is 0 Å². The Morgan fingerprint density at radius 3 is 1.24 bits per heavy atom. The van der Waals surface area contributed by atoms with Crippen molar-refractivity contribution >= 4 is 0 Å². The van der Waals surface area contributed by atoms with Crippen LogP contribution in [0.5, 0.6) is 0 Å². The van der Waals surface area contributed by atoms with Gasteiger partial charge in [-0.1, -0.05) is 89.9 Å². The van der Waals surface area contributed by atoms with Crippen molar-refractivity contribution in [3.8, 4) is 0 Å². The zero-order valence-electron chi connectivity index (χ0n) is 14.3. The van der Waals surface area contributed by atoms with Crippen LogP contribution < -0.4 is 0 Å². The van der Waals surface area contributed by atoms with E-state index in [1.807, 2.05) is 0 Å². The van der Waals surface area contributed by atoms with Gasteiger partial charge in [0.15, 0.2) is 0 Å². The number of hydrogen-bond donors (Lipinski definition) is 1.